The van der Waals surface area contributed by atoms with Crippen molar-refractivity contribution in [2.24, 2.45) is 0 Å². The average molecular weight is 326 g/mol. The van der Waals surface area contributed by atoms with E-state index in [1.165, 1.54) is 18.5 Å². The van der Waals surface area contributed by atoms with Crippen molar-refractivity contribution >= 4 is 0 Å². The molecular weight excluding hydrogens is 307 g/mol. The van der Waals surface area contributed by atoms with Crippen LogP contribution in [0.15, 0.2) is 61.2 Å². The predicted octanol–water partition coefficient (Wildman–Crippen LogP) is 2.79. The Kier molecular flexibility index (Phi) is 4.98. The van der Waals surface area contributed by atoms with Gasteiger partial charge in [-0.1, -0.05) is 24.3 Å². The Morgan fingerprint density at radius 3 is 2.38 bits per heavy atom. The summed E-state index contributed by atoms with van der Waals surface area (Å²) in [6.45, 7) is 2.42. The first-order valence-electron chi connectivity index (χ1n) is 7.75. The fourth-order valence-electron chi connectivity index (χ4n) is 2.47. The first-order valence-corrected chi connectivity index (χ1v) is 7.75. The number of benzene rings is 2. The van der Waals surface area contributed by atoms with Gasteiger partial charge in [0.05, 0.1) is 11.8 Å². The third kappa shape index (κ3) is 3.84. The summed E-state index contributed by atoms with van der Waals surface area (Å²) in [5.74, 6) is -0.306. The topological polar surface area (TPSA) is 63.0 Å². The second-order valence-corrected chi connectivity index (χ2v) is 5.63. The van der Waals surface area contributed by atoms with Crippen LogP contribution in [0.1, 0.15) is 30.2 Å². The molecular formula is C18H19FN4O. The van der Waals surface area contributed by atoms with E-state index in [1.54, 1.807) is 23.1 Å². The van der Waals surface area contributed by atoms with Crippen molar-refractivity contribution in [1.82, 2.24) is 20.1 Å². The van der Waals surface area contributed by atoms with Crippen molar-refractivity contribution in [2.75, 3.05) is 6.54 Å². The number of nitrogens with zero attached hydrogens (tertiary/aromatic N) is 3. The molecule has 3 aromatic rings. The lowest BCUT2D eigenvalue weighted by atomic mass is 10.1. The van der Waals surface area contributed by atoms with Crippen LogP contribution >= 0.6 is 0 Å². The summed E-state index contributed by atoms with van der Waals surface area (Å²) in [7, 11) is 0. The van der Waals surface area contributed by atoms with Crippen LogP contribution in [-0.2, 0) is 0 Å². The van der Waals surface area contributed by atoms with Gasteiger partial charge in [0.25, 0.3) is 0 Å². The molecule has 0 unspecified atom stereocenters. The highest BCUT2D eigenvalue weighted by molar-refractivity contribution is 5.34. The fraction of sp³-hybridized carbons (Fsp3) is 0.222. The minimum absolute atomic E-state index is 0.0740. The summed E-state index contributed by atoms with van der Waals surface area (Å²) in [6, 6.07) is 13.9. The summed E-state index contributed by atoms with van der Waals surface area (Å²) in [4.78, 5) is 3.93. The summed E-state index contributed by atoms with van der Waals surface area (Å²) in [5, 5.41) is 17.6. The van der Waals surface area contributed by atoms with Crippen LogP contribution in [0.25, 0.3) is 5.69 Å². The third-order valence-corrected chi connectivity index (χ3v) is 3.95. The van der Waals surface area contributed by atoms with Gasteiger partial charge in [-0.2, -0.15) is 5.10 Å². The van der Waals surface area contributed by atoms with E-state index >= 15 is 0 Å². The van der Waals surface area contributed by atoms with E-state index < -0.39 is 6.10 Å². The summed E-state index contributed by atoms with van der Waals surface area (Å²) < 4.78 is 14.6. The number of halogens is 1. The molecule has 1 heterocycles. The van der Waals surface area contributed by atoms with Crippen molar-refractivity contribution in [1.29, 1.82) is 0 Å². The summed E-state index contributed by atoms with van der Waals surface area (Å²) in [6.07, 6.45) is 2.47. The highest BCUT2D eigenvalue weighted by Gasteiger charge is 2.11. The molecule has 0 aliphatic heterocycles. The van der Waals surface area contributed by atoms with Gasteiger partial charge in [0.1, 0.15) is 18.5 Å². The van der Waals surface area contributed by atoms with E-state index in [9.17, 15) is 9.50 Å². The van der Waals surface area contributed by atoms with Crippen LogP contribution in [0.5, 0.6) is 0 Å². The number of aliphatic hydroxyl groups is 1. The molecule has 1 aromatic heterocycles. The Hall–Kier alpha value is -2.57. The molecule has 124 valence electrons. The van der Waals surface area contributed by atoms with Gasteiger partial charge in [-0.3, -0.25) is 0 Å². The number of hydrogen-bond donors (Lipinski definition) is 2. The monoisotopic (exact) mass is 326 g/mol. The van der Waals surface area contributed by atoms with Gasteiger partial charge < -0.3 is 10.4 Å². The zero-order valence-corrected chi connectivity index (χ0v) is 13.3. The van der Waals surface area contributed by atoms with Crippen molar-refractivity contribution < 1.29 is 9.50 Å². The zero-order valence-electron chi connectivity index (χ0n) is 13.3. The van der Waals surface area contributed by atoms with Crippen LogP contribution in [0.2, 0.25) is 0 Å². The standard InChI is InChI=1S/C18H19FN4O/c1-13(21-10-18(24)15-2-6-16(19)7-3-15)14-4-8-17(9-5-14)23-12-20-11-22-23/h2-9,11-13,18,21,24H,10H2,1H3/t13-,18+/m0/s1. The molecule has 3 rings (SSSR count). The first-order chi connectivity index (χ1) is 11.6. The maximum Gasteiger partial charge on any atom is 0.138 e. The molecule has 0 saturated heterocycles. The molecule has 0 bridgehead atoms. The maximum atomic E-state index is 12.9. The number of aliphatic hydroxyl groups excluding tert-OH is 1. The van der Waals surface area contributed by atoms with E-state index in [2.05, 4.69) is 15.4 Å². The lowest BCUT2D eigenvalue weighted by Gasteiger charge is -2.18. The molecule has 2 N–H and O–H groups in total. The average Bonchev–Trinajstić information content (AvgIpc) is 3.15. The largest absolute Gasteiger partial charge is 0.387 e. The SMILES string of the molecule is C[C@H](NC[C@@H](O)c1ccc(F)cc1)c1ccc(-n2cncn2)cc1. The highest BCUT2D eigenvalue weighted by atomic mass is 19.1. The van der Waals surface area contributed by atoms with E-state index in [0.29, 0.717) is 12.1 Å². The Bertz CT molecular complexity index is 757. The van der Waals surface area contributed by atoms with Gasteiger partial charge in [0, 0.05) is 12.6 Å². The van der Waals surface area contributed by atoms with Gasteiger partial charge in [-0.05, 0) is 42.3 Å². The zero-order chi connectivity index (χ0) is 16.9. The van der Waals surface area contributed by atoms with E-state index in [4.69, 9.17) is 0 Å². The molecule has 6 heteroatoms. The van der Waals surface area contributed by atoms with E-state index in [1.807, 2.05) is 31.2 Å². The molecule has 24 heavy (non-hydrogen) atoms. The van der Waals surface area contributed by atoms with Crippen LogP contribution in [0.3, 0.4) is 0 Å². The van der Waals surface area contributed by atoms with Gasteiger partial charge in [0.15, 0.2) is 0 Å². The normalized spacial score (nSPS) is 13.6. The molecule has 0 amide bonds. The van der Waals surface area contributed by atoms with Gasteiger partial charge in [-0.15, -0.1) is 0 Å². The Labute approximate surface area is 139 Å². The minimum Gasteiger partial charge on any atom is -0.387 e. The number of hydrogen-bond acceptors (Lipinski definition) is 4. The van der Waals surface area contributed by atoms with Gasteiger partial charge >= 0.3 is 0 Å². The first kappa shape index (κ1) is 16.3. The van der Waals surface area contributed by atoms with Gasteiger partial charge in [0.2, 0.25) is 0 Å². The number of rotatable bonds is 6. The Morgan fingerprint density at radius 1 is 1.08 bits per heavy atom. The van der Waals surface area contributed by atoms with Crippen molar-refractivity contribution in [3.63, 3.8) is 0 Å². The smallest absolute Gasteiger partial charge is 0.138 e. The van der Waals surface area contributed by atoms with Crippen LogP contribution in [0, 0.1) is 5.82 Å². The van der Waals surface area contributed by atoms with E-state index in [-0.39, 0.29) is 11.9 Å². The second-order valence-electron chi connectivity index (χ2n) is 5.63. The third-order valence-electron chi connectivity index (χ3n) is 3.95. The lowest BCUT2D eigenvalue weighted by molar-refractivity contribution is 0.170. The molecule has 2 atom stereocenters. The number of aromatic nitrogens is 3. The molecule has 0 saturated carbocycles. The molecule has 0 fully saturated rings. The molecule has 0 aliphatic rings. The predicted molar refractivity (Wildman–Crippen MR) is 89.1 cm³/mol. The van der Waals surface area contributed by atoms with E-state index in [0.717, 1.165) is 11.3 Å². The quantitative estimate of drug-likeness (QED) is 0.731. The lowest BCUT2D eigenvalue weighted by Crippen LogP contribution is -2.24. The van der Waals surface area contributed by atoms with Crippen LogP contribution < -0.4 is 5.32 Å². The number of nitrogens with one attached hydrogen (secondary N) is 1. The van der Waals surface area contributed by atoms with Crippen LogP contribution in [-0.4, -0.2) is 26.4 Å². The maximum absolute atomic E-state index is 12.9. The van der Waals surface area contributed by atoms with Crippen molar-refractivity contribution in [3.8, 4) is 5.69 Å². The van der Waals surface area contributed by atoms with Crippen LogP contribution in [0.4, 0.5) is 4.39 Å². The Morgan fingerprint density at radius 2 is 1.75 bits per heavy atom. The molecule has 0 aliphatic carbocycles. The molecule has 0 spiro atoms. The Balaban J connectivity index is 1.58. The molecule has 2 aromatic carbocycles. The minimum atomic E-state index is -0.678. The second kappa shape index (κ2) is 7.33. The molecule has 5 nitrogen and oxygen atoms in total. The summed E-state index contributed by atoms with van der Waals surface area (Å²) >= 11 is 0. The molecule has 0 radical (unpaired) electrons. The van der Waals surface area contributed by atoms with Crippen molar-refractivity contribution in [2.45, 2.75) is 19.1 Å². The fourth-order valence-corrected chi connectivity index (χ4v) is 2.47. The van der Waals surface area contributed by atoms with Crippen molar-refractivity contribution in [3.05, 3.63) is 78.1 Å². The summed E-state index contributed by atoms with van der Waals surface area (Å²) in [5.41, 5.74) is 2.73. The van der Waals surface area contributed by atoms with Gasteiger partial charge in [-0.25, -0.2) is 14.1 Å². The highest BCUT2D eigenvalue weighted by Crippen LogP contribution is 2.17.